The summed E-state index contributed by atoms with van der Waals surface area (Å²) in [4.78, 5) is 23.9. The van der Waals surface area contributed by atoms with Crippen LogP contribution in [0.15, 0.2) is 62.6 Å². The zero-order valence-electron chi connectivity index (χ0n) is 15.4. The van der Waals surface area contributed by atoms with E-state index in [2.05, 4.69) is 4.72 Å². The fourth-order valence-corrected chi connectivity index (χ4v) is 3.68. The molecule has 0 atom stereocenters. The van der Waals surface area contributed by atoms with Gasteiger partial charge in [0.15, 0.2) is 0 Å². The van der Waals surface area contributed by atoms with Gasteiger partial charge in [-0.25, -0.2) is 13.2 Å². The van der Waals surface area contributed by atoms with Crippen molar-refractivity contribution in [2.45, 2.75) is 25.3 Å². The fourth-order valence-electron chi connectivity index (χ4n) is 2.69. The molecule has 0 saturated heterocycles. The normalized spacial score (nSPS) is 11.5. The SMILES string of the molecule is Cc1ccc2c(COC(=O)CNS(=O)(=O)c3ccccc3)cc(=O)oc2c1C. The van der Waals surface area contributed by atoms with E-state index in [4.69, 9.17) is 9.15 Å². The molecular weight excluding hydrogens is 382 g/mol. The highest BCUT2D eigenvalue weighted by atomic mass is 32.2. The molecule has 1 heterocycles. The Morgan fingerprint density at radius 2 is 1.82 bits per heavy atom. The quantitative estimate of drug-likeness (QED) is 0.503. The first-order valence-electron chi connectivity index (χ1n) is 8.51. The first kappa shape index (κ1) is 19.8. The van der Waals surface area contributed by atoms with Crippen LogP contribution in [0.2, 0.25) is 0 Å². The number of hydrogen-bond donors (Lipinski definition) is 1. The summed E-state index contributed by atoms with van der Waals surface area (Å²) in [5.74, 6) is -0.760. The average Bonchev–Trinajstić information content (AvgIpc) is 2.68. The number of fused-ring (bicyclic) bond motifs is 1. The first-order chi connectivity index (χ1) is 13.3. The summed E-state index contributed by atoms with van der Waals surface area (Å²) in [6.07, 6.45) is 0. The van der Waals surface area contributed by atoms with Crippen molar-refractivity contribution in [3.8, 4) is 0 Å². The lowest BCUT2D eigenvalue weighted by Gasteiger charge is -2.10. The Labute approximate surface area is 162 Å². The summed E-state index contributed by atoms with van der Waals surface area (Å²) in [5, 5.41) is 0.667. The molecule has 8 heteroatoms. The molecule has 0 bridgehead atoms. The molecule has 0 aliphatic heterocycles. The van der Waals surface area contributed by atoms with E-state index in [1.807, 2.05) is 19.9 Å². The maximum absolute atomic E-state index is 12.1. The number of sulfonamides is 1. The van der Waals surface area contributed by atoms with Crippen molar-refractivity contribution < 1.29 is 22.4 Å². The highest BCUT2D eigenvalue weighted by Crippen LogP contribution is 2.23. The van der Waals surface area contributed by atoms with E-state index < -0.39 is 28.2 Å². The number of hydrogen-bond acceptors (Lipinski definition) is 6. The number of aryl methyl sites for hydroxylation is 2. The van der Waals surface area contributed by atoms with Gasteiger partial charge in [-0.15, -0.1) is 0 Å². The van der Waals surface area contributed by atoms with Crippen molar-refractivity contribution in [2.75, 3.05) is 6.54 Å². The second-order valence-electron chi connectivity index (χ2n) is 6.27. The summed E-state index contributed by atoms with van der Waals surface area (Å²) in [6, 6.07) is 12.7. The van der Waals surface area contributed by atoms with Crippen molar-refractivity contribution in [1.82, 2.24) is 4.72 Å². The molecular formula is C20H19NO6S. The summed E-state index contributed by atoms with van der Waals surface area (Å²) in [6.45, 7) is 3.06. The zero-order valence-corrected chi connectivity index (χ0v) is 16.2. The minimum Gasteiger partial charge on any atom is -0.460 e. The van der Waals surface area contributed by atoms with E-state index in [-0.39, 0.29) is 11.5 Å². The van der Waals surface area contributed by atoms with E-state index in [1.165, 1.54) is 18.2 Å². The number of rotatable bonds is 6. The lowest BCUT2D eigenvalue weighted by atomic mass is 10.0. The van der Waals surface area contributed by atoms with Crippen LogP contribution in [0.1, 0.15) is 16.7 Å². The second kappa shape index (κ2) is 7.95. The largest absolute Gasteiger partial charge is 0.460 e. The third-order valence-corrected chi connectivity index (χ3v) is 5.78. The molecule has 0 unspecified atom stereocenters. The third kappa shape index (κ3) is 4.29. The van der Waals surface area contributed by atoms with Crippen LogP contribution in [0.25, 0.3) is 11.0 Å². The molecule has 0 amide bonds. The van der Waals surface area contributed by atoms with Crippen molar-refractivity contribution in [3.63, 3.8) is 0 Å². The maximum Gasteiger partial charge on any atom is 0.336 e. The van der Waals surface area contributed by atoms with Crippen molar-refractivity contribution in [3.05, 3.63) is 75.6 Å². The molecule has 0 spiro atoms. The molecule has 2 aromatic carbocycles. The molecule has 0 fully saturated rings. The second-order valence-corrected chi connectivity index (χ2v) is 8.04. The van der Waals surface area contributed by atoms with Crippen molar-refractivity contribution in [2.24, 2.45) is 0 Å². The minimum absolute atomic E-state index is 0.0558. The van der Waals surface area contributed by atoms with Gasteiger partial charge >= 0.3 is 11.6 Å². The van der Waals surface area contributed by atoms with Gasteiger partial charge < -0.3 is 9.15 Å². The van der Waals surface area contributed by atoms with E-state index in [0.29, 0.717) is 16.5 Å². The predicted molar refractivity (Wildman–Crippen MR) is 103 cm³/mol. The molecule has 3 rings (SSSR count). The lowest BCUT2D eigenvalue weighted by Crippen LogP contribution is -2.30. The van der Waals surface area contributed by atoms with Crippen LogP contribution in [0, 0.1) is 13.8 Å². The Morgan fingerprint density at radius 3 is 2.54 bits per heavy atom. The first-order valence-corrected chi connectivity index (χ1v) is 9.99. The van der Waals surface area contributed by atoms with E-state index in [1.54, 1.807) is 24.3 Å². The molecule has 28 heavy (non-hydrogen) atoms. The van der Waals surface area contributed by atoms with Gasteiger partial charge in [-0.05, 0) is 37.1 Å². The van der Waals surface area contributed by atoms with Crippen LogP contribution in [0.3, 0.4) is 0 Å². The van der Waals surface area contributed by atoms with Gasteiger partial charge in [0, 0.05) is 17.0 Å². The molecule has 1 aromatic heterocycles. The summed E-state index contributed by atoms with van der Waals surface area (Å²) >= 11 is 0. The molecule has 0 aliphatic carbocycles. The van der Waals surface area contributed by atoms with Crippen molar-refractivity contribution >= 4 is 27.0 Å². The smallest absolute Gasteiger partial charge is 0.336 e. The lowest BCUT2D eigenvalue weighted by molar-refractivity contribution is -0.143. The molecule has 146 valence electrons. The maximum atomic E-state index is 12.1. The zero-order chi connectivity index (χ0) is 20.3. The number of esters is 1. The Hall–Kier alpha value is -2.97. The number of benzene rings is 2. The molecule has 3 aromatic rings. The van der Waals surface area contributed by atoms with Crippen LogP contribution in [0.5, 0.6) is 0 Å². The summed E-state index contributed by atoms with van der Waals surface area (Å²) < 4.78 is 36.9. The highest BCUT2D eigenvalue weighted by molar-refractivity contribution is 7.89. The van der Waals surface area contributed by atoms with Gasteiger partial charge in [-0.3, -0.25) is 4.79 Å². The monoisotopic (exact) mass is 401 g/mol. The van der Waals surface area contributed by atoms with Gasteiger partial charge in [0.1, 0.15) is 18.7 Å². The number of carbonyl (C=O) groups excluding carboxylic acids is 1. The molecule has 1 N–H and O–H groups in total. The van der Waals surface area contributed by atoms with E-state index >= 15 is 0 Å². The van der Waals surface area contributed by atoms with Crippen molar-refractivity contribution in [1.29, 1.82) is 0 Å². The molecule has 0 aliphatic rings. The van der Waals surface area contributed by atoms with E-state index in [9.17, 15) is 18.0 Å². The Balaban J connectivity index is 1.70. The van der Waals surface area contributed by atoms with Gasteiger partial charge in [0.05, 0.1) is 4.90 Å². The van der Waals surface area contributed by atoms with Crippen LogP contribution in [0.4, 0.5) is 0 Å². The Morgan fingerprint density at radius 1 is 1.11 bits per heavy atom. The molecule has 7 nitrogen and oxygen atoms in total. The topological polar surface area (TPSA) is 103 Å². The third-order valence-electron chi connectivity index (χ3n) is 4.37. The van der Waals surface area contributed by atoms with Gasteiger partial charge in [0.2, 0.25) is 10.0 Å². The van der Waals surface area contributed by atoms with Crippen LogP contribution in [-0.4, -0.2) is 20.9 Å². The molecule has 0 saturated carbocycles. The molecule has 0 radical (unpaired) electrons. The van der Waals surface area contributed by atoms with Gasteiger partial charge in [-0.2, -0.15) is 4.72 Å². The van der Waals surface area contributed by atoms with Gasteiger partial charge in [0.25, 0.3) is 0 Å². The number of ether oxygens (including phenoxy) is 1. The standard InChI is InChI=1S/C20H19NO6S/c1-13-8-9-17-15(10-18(22)27-20(17)14(13)2)12-26-19(23)11-21-28(24,25)16-6-4-3-5-7-16/h3-10,21H,11-12H2,1-2H3. The number of nitrogens with one attached hydrogen (secondary N) is 1. The van der Waals surface area contributed by atoms with Crippen LogP contribution in [-0.2, 0) is 26.2 Å². The predicted octanol–water partition coefficient (Wildman–Crippen LogP) is 2.43. The average molecular weight is 401 g/mol. The Kier molecular flexibility index (Phi) is 5.62. The Bertz CT molecular complexity index is 1180. The summed E-state index contributed by atoms with van der Waals surface area (Å²) in [5.41, 5.74) is 2.20. The number of carbonyl (C=O) groups is 1. The fraction of sp³-hybridized carbons (Fsp3) is 0.200. The van der Waals surface area contributed by atoms with Crippen LogP contribution < -0.4 is 10.3 Å². The van der Waals surface area contributed by atoms with E-state index in [0.717, 1.165) is 11.1 Å². The highest BCUT2D eigenvalue weighted by Gasteiger charge is 2.16. The summed E-state index contributed by atoms with van der Waals surface area (Å²) in [7, 11) is -3.81. The minimum atomic E-state index is -3.81. The van der Waals surface area contributed by atoms with Crippen LogP contribution >= 0.6 is 0 Å². The van der Waals surface area contributed by atoms with Gasteiger partial charge in [-0.1, -0.05) is 30.3 Å².